The summed E-state index contributed by atoms with van der Waals surface area (Å²) in [5.74, 6) is -4.18. The fourth-order valence-corrected chi connectivity index (χ4v) is 2.16. The fraction of sp³-hybridized carbons (Fsp3) is 0.533. The van der Waals surface area contributed by atoms with Crippen molar-refractivity contribution in [3.63, 3.8) is 0 Å². The van der Waals surface area contributed by atoms with Gasteiger partial charge in [0.2, 0.25) is 11.8 Å². The van der Waals surface area contributed by atoms with E-state index in [9.17, 15) is 24.3 Å². The molecule has 1 rings (SSSR count). The summed E-state index contributed by atoms with van der Waals surface area (Å²) in [4.78, 5) is 52.9. The highest BCUT2D eigenvalue weighted by molar-refractivity contribution is 5.92. The Morgan fingerprint density at radius 2 is 1.89 bits per heavy atom. The third-order valence-corrected chi connectivity index (χ3v) is 3.66. The molecule has 1 aromatic heterocycles. The van der Waals surface area contributed by atoms with E-state index in [1.165, 1.54) is 19.4 Å². The first-order valence-electron chi connectivity index (χ1n) is 8.08. The van der Waals surface area contributed by atoms with Crippen molar-refractivity contribution in [1.29, 1.82) is 0 Å². The number of aromatic nitrogens is 2. The molecule has 0 aromatic carbocycles. The Morgan fingerprint density at radius 1 is 1.22 bits per heavy atom. The number of hydrogen-bond acceptors (Lipinski definition) is 7. The van der Waals surface area contributed by atoms with Crippen molar-refractivity contribution in [2.24, 2.45) is 5.73 Å². The van der Waals surface area contributed by atoms with Crippen LogP contribution in [-0.4, -0.2) is 73.3 Å². The van der Waals surface area contributed by atoms with Gasteiger partial charge in [-0.1, -0.05) is 0 Å². The van der Waals surface area contributed by atoms with Gasteiger partial charge < -0.3 is 36.7 Å². The van der Waals surface area contributed by atoms with Gasteiger partial charge in [0.25, 0.3) is 0 Å². The molecule has 27 heavy (non-hydrogen) atoms. The van der Waals surface area contributed by atoms with Gasteiger partial charge in [-0.3, -0.25) is 14.4 Å². The maximum absolute atomic E-state index is 12.4. The molecular formula is C15H23N5O7. The molecule has 12 nitrogen and oxygen atoms in total. The molecule has 0 spiro atoms. The number of carboxylic acids is 2. The van der Waals surface area contributed by atoms with Gasteiger partial charge in [-0.15, -0.1) is 0 Å². The first kappa shape index (κ1) is 22.1. The highest BCUT2D eigenvalue weighted by atomic mass is 16.4. The number of H-pyrrole nitrogens is 1. The summed E-state index contributed by atoms with van der Waals surface area (Å²) in [6, 6.07) is -3.95. The second kappa shape index (κ2) is 10.2. The van der Waals surface area contributed by atoms with Crippen molar-refractivity contribution in [3.05, 3.63) is 18.2 Å². The van der Waals surface area contributed by atoms with E-state index in [4.69, 9.17) is 15.9 Å². The summed E-state index contributed by atoms with van der Waals surface area (Å²) in [7, 11) is 0. The first-order valence-corrected chi connectivity index (χ1v) is 8.08. The second-order valence-electron chi connectivity index (χ2n) is 5.95. The van der Waals surface area contributed by atoms with E-state index >= 15 is 0 Å². The smallest absolute Gasteiger partial charge is 0.328 e. The lowest BCUT2D eigenvalue weighted by molar-refractivity contribution is -0.145. The van der Waals surface area contributed by atoms with Crippen LogP contribution in [-0.2, 0) is 25.6 Å². The Morgan fingerprint density at radius 3 is 2.37 bits per heavy atom. The third kappa shape index (κ3) is 7.42. The number of nitrogens with zero attached hydrogens (tertiary/aromatic N) is 1. The van der Waals surface area contributed by atoms with Crippen molar-refractivity contribution < 1.29 is 34.5 Å². The Balaban J connectivity index is 2.85. The molecule has 0 unspecified atom stereocenters. The lowest BCUT2D eigenvalue weighted by Gasteiger charge is -2.23. The number of carbonyl (C=O) groups excluding carboxylic acids is 2. The molecule has 4 atom stereocenters. The van der Waals surface area contributed by atoms with E-state index in [0.717, 1.165) is 0 Å². The zero-order valence-electron chi connectivity index (χ0n) is 14.6. The van der Waals surface area contributed by atoms with Crippen LogP contribution in [0, 0.1) is 0 Å². The third-order valence-electron chi connectivity index (χ3n) is 3.66. The van der Waals surface area contributed by atoms with Crippen LogP contribution in [0.2, 0.25) is 0 Å². The molecule has 1 aromatic rings. The quantitative estimate of drug-likeness (QED) is 0.216. The van der Waals surface area contributed by atoms with E-state index in [1.807, 2.05) is 0 Å². The number of amides is 2. The molecule has 0 saturated heterocycles. The second-order valence-corrected chi connectivity index (χ2v) is 5.95. The molecule has 0 fully saturated rings. The molecule has 1 heterocycles. The monoisotopic (exact) mass is 385 g/mol. The van der Waals surface area contributed by atoms with Crippen LogP contribution >= 0.6 is 0 Å². The van der Waals surface area contributed by atoms with E-state index in [-0.39, 0.29) is 19.3 Å². The molecule has 150 valence electrons. The summed E-state index contributed by atoms with van der Waals surface area (Å²) >= 11 is 0. The molecule has 0 bridgehead atoms. The number of carboxylic acid groups (broad SMARTS) is 2. The van der Waals surface area contributed by atoms with E-state index < -0.39 is 48.0 Å². The number of hydrogen-bond donors (Lipinski definition) is 7. The van der Waals surface area contributed by atoms with Crippen molar-refractivity contribution in [2.75, 3.05) is 0 Å². The van der Waals surface area contributed by atoms with Gasteiger partial charge in [-0.2, -0.15) is 0 Å². The predicted octanol–water partition coefficient (Wildman–Crippen LogP) is -2.42. The molecule has 12 heteroatoms. The average Bonchev–Trinajstić information content (AvgIpc) is 3.08. The van der Waals surface area contributed by atoms with Crippen molar-refractivity contribution in [1.82, 2.24) is 20.6 Å². The Kier molecular flexibility index (Phi) is 8.35. The summed E-state index contributed by atoms with van der Waals surface area (Å²) in [5.41, 5.74) is 6.11. The predicted molar refractivity (Wildman–Crippen MR) is 90.3 cm³/mol. The van der Waals surface area contributed by atoms with Crippen molar-refractivity contribution >= 4 is 23.8 Å². The highest BCUT2D eigenvalue weighted by Gasteiger charge is 2.30. The maximum Gasteiger partial charge on any atom is 0.328 e. The SMILES string of the molecule is C[C@@H](O)[C@H](NC(=O)[C@H](Cc1cnc[nH]1)NC(=O)[C@@H](N)CCC(=O)O)C(=O)O. The minimum atomic E-state index is -1.57. The van der Waals surface area contributed by atoms with Gasteiger partial charge in [0.1, 0.15) is 6.04 Å². The molecular weight excluding hydrogens is 362 g/mol. The zero-order chi connectivity index (χ0) is 20.6. The molecule has 0 saturated carbocycles. The maximum atomic E-state index is 12.4. The molecule has 0 aliphatic heterocycles. The van der Waals surface area contributed by atoms with Gasteiger partial charge in [0.15, 0.2) is 6.04 Å². The summed E-state index contributed by atoms with van der Waals surface area (Å²) in [5, 5.41) is 31.7. The number of imidazole rings is 1. The number of nitrogens with one attached hydrogen (secondary N) is 3. The number of rotatable bonds is 11. The van der Waals surface area contributed by atoms with Crippen LogP contribution in [0.4, 0.5) is 0 Å². The number of aromatic amines is 1. The van der Waals surface area contributed by atoms with Gasteiger partial charge in [0, 0.05) is 24.7 Å². The van der Waals surface area contributed by atoms with E-state index in [2.05, 4.69) is 20.6 Å². The molecule has 0 radical (unpaired) electrons. The van der Waals surface area contributed by atoms with Crippen LogP contribution in [0.5, 0.6) is 0 Å². The summed E-state index contributed by atoms with van der Waals surface area (Å²) in [6.45, 7) is 1.20. The van der Waals surface area contributed by atoms with Gasteiger partial charge >= 0.3 is 11.9 Å². The Labute approximate surface area is 154 Å². The lowest BCUT2D eigenvalue weighted by atomic mass is 10.1. The molecule has 8 N–H and O–H groups in total. The first-order chi connectivity index (χ1) is 12.6. The minimum absolute atomic E-state index is 0.0463. The van der Waals surface area contributed by atoms with Crippen LogP contribution in [0.15, 0.2) is 12.5 Å². The van der Waals surface area contributed by atoms with Crippen LogP contribution in [0.25, 0.3) is 0 Å². The lowest BCUT2D eigenvalue weighted by Crippen LogP contribution is -2.57. The molecule has 0 aliphatic carbocycles. The van der Waals surface area contributed by atoms with Crippen LogP contribution < -0.4 is 16.4 Å². The van der Waals surface area contributed by atoms with Crippen molar-refractivity contribution in [3.8, 4) is 0 Å². The topological polar surface area (TPSA) is 208 Å². The summed E-state index contributed by atoms with van der Waals surface area (Å²) in [6.07, 6.45) is 0.906. The van der Waals surface area contributed by atoms with Gasteiger partial charge in [-0.05, 0) is 13.3 Å². The number of aliphatic hydroxyl groups is 1. The van der Waals surface area contributed by atoms with E-state index in [1.54, 1.807) is 0 Å². The average molecular weight is 385 g/mol. The Hall–Kier alpha value is -2.99. The number of aliphatic hydroxyl groups excluding tert-OH is 1. The normalized spacial score (nSPS) is 15.2. The molecule has 2 amide bonds. The van der Waals surface area contributed by atoms with Crippen LogP contribution in [0.3, 0.4) is 0 Å². The number of nitrogens with two attached hydrogens (primary N) is 1. The van der Waals surface area contributed by atoms with Gasteiger partial charge in [0.05, 0.1) is 18.5 Å². The number of carbonyl (C=O) groups is 4. The summed E-state index contributed by atoms with van der Waals surface area (Å²) < 4.78 is 0. The minimum Gasteiger partial charge on any atom is -0.481 e. The Bertz CT molecular complexity index is 662. The van der Waals surface area contributed by atoms with Crippen molar-refractivity contribution in [2.45, 2.75) is 50.4 Å². The standard InChI is InChI=1S/C15H23N5O7/c1-7(21)12(15(26)27)20-14(25)10(4-8-5-17-6-18-8)19-13(24)9(16)2-3-11(22)23/h5-7,9-10,12,21H,2-4,16H2,1H3,(H,17,18)(H,19,24)(H,20,25)(H,22,23)(H,26,27)/t7-,9+,10+,12+/m1/s1. The zero-order valence-corrected chi connectivity index (χ0v) is 14.6. The highest BCUT2D eigenvalue weighted by Crippen LogP contribution is 2.03. The molecule has 0 aliphatic rings. The fourth-order valence-electron chi connectivity index (χ4n) is 2.16. The van der Waals surface area contributed by atoms with Gasteiger partial charge in [-0.25, -0.2) is 9.78 Å². The van der Waals surface area contributed by atoms with Crippen LogP contribution in [0.1, 0.15) is 25.5 Å². The largest absolute Gasteiger partial charge is 0.481 e. The van der Waals surface area contributed by atoms with E-state index in [0.29, 0.717) is 5.69 Å². The number of aliphatic carboxylic acids is 2.